The lowest BCUT2D eigenvalue weighted by Crippen LogP contribution is -1.94. The molecule has 0 amide bonds. The van der Waals surface area contributed by atoms with Crippen molar-refractivity contribution in [1.29, 1.82) is 0 Å². The van der Waals surface area contributed by atoms with Gasteiger partial charge < -0.3 is 0 Å². The molecule has 27 heavy (non-hydrogen) atoms. The van der Waals surface area contributed by atoms with E-state index in [0.29, 0.717) is 5.92 Å². The lowest BCUT2D eigenvalue weighted by molar-refractivity contribution is 0.529. The molecule has 0 spiro atoms. The molecule has 0 N–H and O–H groups in total. The molecule has 0 aromatic heterocycles. The van der Waals surface area contributed by atoms with Crippen LogP contribution in [0.3, 0.4) is 0 Å². The van der Waals surface area contributed by atoms with Crippen molar-refractivity contribution in [2.24, 2.45) is 0 Å². The first kappa shape index (κ1) is 22.0. The van der Waals surface area contributed by atoms with Crippen LogP contribution in [0.15, 0.2) is 36.4 Å². The third-order valence-corrected chi connectivity index (χ3v) is 6.18. The van der Waals surface area contributed by atoms with E-state index in [-0.39, 0.29) is 0 Å². The lowest BCUT2D eigenvalue weighted by atomic mass is 9.92. The van der Waals surface area contributed by atoms with Crippen molar-refractivity contribution in [3.05, 3.63) is 47.5 Å². The molecule has 0 bridgehead atoms. The molecule has 2 aromatic rings. The Morgan fingerprint density at radius 3 is 1.93 bits per heavy atom. The van der Waals surface area contributed by atoms with Gasteiger partial charge in [0.05, 0.1) is 0 Å². The molecule has 1 atom stereocenters. The minimum atomic E-state index is 0.678. The Bertz CT molecular complexity index is 640. The number of aryl methyl sites for hydroxylation is 1. The summed E-state index contributed by atoms with van der Waals surface area (Å²) in [5.41, 5.74) is 2.91. The molecule has 0 radical (unpaired) electrons. The van der Waals surface area contributed by atoms with Crippen molar-refractivity contribution in [3.8, 4) is 0 Å². The third kappa shape index (κ3) is 8.08. The molecule has 0 saturated carbocycles. The summed E-state index contributed by atoms with van der Waals surface area (Å²) in [5, 5.41) is 2.80. The molecule has 0 aliphatic rings. The van der Waals surface area contributed by atoms with Gasteiger partial charge in [-0.2, -0.15) is 0 Å². The van der Waals surface area contributed by atoms with Crippen LogP contribution < -0.4 is 0 Å². The molecule has 2 rings (SSSR count). The number of unbranched alkanes of at least 4 members (excludes halogenated alkanes) is 11. The van der Waals surface area contributed by atoms with Gasteiger partial charge in [0.15, 0.2) is 0 Å². The number of hydrogen-bond donors (Lipinski definition) is 0. The fourth-order valence-electron chi connectivity index (χ4n) is 4.21. The highest BCUT2D eigenvalue weighted by atomic mass is 14.1. The number of fused-ring (bicyclic) bond motifs is 1. The van der Waals surface area contributed by atoms with E-state index in [1.54, 1.807) is 0 Å². The van der Waals surface area contributed by atoms with Gasteiger partial charge in [-0.1, -0.05) is 127 Å². The van der Waals surface area contributed by atoms with Gasteiger partial charge in [-0.05, 0) is 41.2 Å². The standard InChI is InChI=1S/C27H42/c1-4-5-6-7-8-9-10-11-12-13-14-15-17-23(2)26-21-20-25-19-16-18-24(3)27(25)22-26/h16,18-23H,4-15,17H2,1-3H3. The van der Waals surface area contributed by atoms with Crippen LogP contribution in [0.2, 0.25) is 0 Å². The second-order valence-electron chi connectivity index (χ2n) is 8.63. The van der Waals surface area contributed by atoms with Gasteiger partial charge in [-0.25, -0.2) is 0 Å². The zero-order valence-corrected chi connectivity index (χ0v) is 18.2. The summed E-state index contributed by atoms with van der Waals surface area (Å²) >= 11 is 0. The van der Waals surface area contributed by atoms with Crippen LogP contribution in [-0.2, 0) is 0 Å². The van der Waals surface area contributed by atoms with E-state index in [9.17, 15) is 0 Å². The van der Waals surface area contributed by atoms with Gasteiger partial charge in [0.25, 0.3) is 0 Å². The van der Waals surface area contributed by atoms with E-state index >= 15 is 0 Å². The van der Waals surface area contributed by atoms with Gasteiger partial charge >= 0.3 is 0 Å². The fraction of sp³-hybridized carbons (Fsp3) is 0.630. The highest BCUT2D eigenvalue weighted by Crippen LogP contribution is 2.27. The molecule has 0 aliphatic heterocycles. The highest BCUT2D eigenvalue weighted by Gasteiger charge is 2.07. The van der Waals surface area contributed by atoms with E-state index in [2.05, 4.69) is 57.2 Å². The first-order valence-corrected chi connectivity index (χ1v) is 11.7. The van der Waals surface area contributed by atoms with Crippen molar-refractivity contribution in [3.63, 3.8) is 0 Å². The van der Waals surface area contributed by atoms with Gasteiger partial charge in [-0.15, -0.1) is 0 Å². The minimum Gasteiger partial charge on any atom is -0.0654 e. The molecule has 2 aromatic carbocycles. The van der Waals surface area contributed by atoms with Crippen LogP contribution in [0.1, 0.15) is 114 Å². The minimum absolute atomic E-state index is 0.678. The van der Waals surface area contributed by atoms with Crippen molar-refractivity contribution < 1.29 is 0 Å². The summed E-state index contributed by atoms with van der Waals surface area (Å²) in [5.74, 6) is 0.678. The van der Waals surface area contributed by atoms with Crippen molar-refractivity contribution >= 4 is 10.8 Å². The van der Waals surface area contributed by atoms with Crippen molar-refractivity contribution in [2.45, 2.75) is 110 Å². The van der Waals surface area contributed by atoms with Crippen molar-refractivity contribution in [1.82, 2.24) is 0 Å². The fourth-order valence-corrected chi connectivity index (χ4v) is 4.21. The van der Waals surface area contributed by atoms with Crippen LogP contribution in [0, 0.1) is 6.92 Å². The Hall–Kier alpha value is -1.30. The third-order valence-electron chi connectivity index (χ3n) is 6.18. The van der Waals surface area contributed by atoms with Gasteiger partial charge in [-0.3, -0.25) is 0 Å². The topological polar surface area (TPSA) is 0 Å². The normalized spacial score (nSPS) is 12.6. The maximum atomic E-state index is 2.43. The molecule has 0 aliphatic carbocycles. The van der Waals surface area contributed by atoms with E-state index in [1.807, 2.05) is 0 Å². The summed E-state index contributed by atoms with van der Waals surface area (Å²) in [7, 11) is 0. The van der Waals surface area contributed by atoms with Crippen LogP contribution in [-0.4, -0.2) is 0 Å². The Morgan fingerprint density at radius 2 is 1.30 bits per heavy atom. The molecule has 0 fully saturated rings. The molecule has 0 saturated heterocycles. The SMILES string of the molecule is CCCCCCCCCCCCCCC(C)c1ccc2cccc(C)c2c1. The van der Waals surface area contributed by atoms with Crippen LogP contribution in [0.4, 0.5) is 0 Å². The molecule has 0 heterocycles. The average molecular weight is 367 g/mol. The summed E-state index contributed by atoms with van der Waals surface area (Å²) in [6.07, 6.45) is 18.5. The summed E-state index contributed by atoms with van der Waals surface area (Å²) in [6.45, 7) is 6.92. The van der Waals surface area contributed by atoms with Crippen LogP contribution in [0.25, 0.3) is 10.8 Å². The molecule has 0 nitrogen and oxygen atoms in total. The monoisotopic (exact) mass is 366 g/mol. The van der Waals surface area contributed by atoms with Crippen LogP contribution >= 0.6 is 0 Å². The number of hydrogen-bond acceptors (Lipinski definition) is 0. The van der Waals surface area contributed by atoms with E-state index < -0.39 is 0 Å². The largest absolute Gasteiger partial charge is 0.0654 e. The van der Waals surface area contributed by atoms with Gasteiger partial charge in [0.1, 0.15) is 0 Å². The Kier molecular flexibility index (Phi) is 10.6. The molecule has 1 unspecified atom stereocenters. The zero-order valence-electron chi connectivity index (χ0n) is 18.2. The van der Waals surface area contributed by atoms with E-state index in [1.165, 1.54) is 105 Å². The zero-order chi connectivity index (χ0) is 19.3. The average Bonchev–Trinajstić information content (AvgIpc) is 2.68. The molecular weight excluding hydrogens is 324 g/mol. The van der Waals surface area contributed by atoms with Crippen LogP contribution in [0.5, 0.6) is 0 Å². The number of rotatable bonds is 14. The maximum absolute atomic E-state index is 2.43. The predicted octanol–water partition coefficient (Wildman–Crippen LogP) is 9.34. The second kappa shape index (κ2) is 13.0. The molecular formula is C27H42. The summed E-state index contributed by atoms with van der Waals surface area (Å²) in [6, 6.07) is 13.7. The molecule has 0 heteroatoms. The lowest BCUT2D eigenvalue weighted by Gasteiger charge is -2.13. The Balaban J connectivity index is 1.55. The number of benzene rings is 2. The molecule has 150 valence electrons. The first-order chi connectivity index (χ1) is 13.2. The van der Waals surface area contributed by atoms with E-state index in [0.717, 1.165) is 0 Å². The summed E-state index contributed by atoms with van der Waals surface area (Å²) in [4.78, 5) is 0. The Morgan fingerprint density at radius 1 is 0.704 bits per heavy atom. The predicted molar refractivity (Wildman–Crippen MR) is 123 cm³/mol. The smallest absolute Gasteiger partial charge is 0.0152 e. The van der Waals surface area contributed by atoms with Gasteiger partial charge in [0, 0.05) is 0 Å². The second-order valence-corrected chi connectivity index (χ2v) is 8.63. The van der Waals surface area contributed by atoms with Gasteiger partial charge in [0.2, 0.25) is 0 Å². The first-order valence-electron chi connectivity index (χ1n) is 11.7. The highest BCUT2D eigenvalue weighted by molar-refractivity contribution is 5.86. The van der Waals surface area contributed by atoms with E-state index in [4.69, 9.17) is 0 Å². The Labute approximate surface area is 168 Å². The quantitative estimate of drug-likeness (QED) is 0.292. The summed E-state index contributed by atoms with van der Waals surface area (Å²) < 4.78 is 0. The maximum Gasteiger partial charge on any atom is -0.0152 e. The van der Waals surface area contributed by atoms with Crippen molar-refractivity contribution in [2.75, 3.05) is 0 Å².